The molecule has 0 saturated heterocycles. The number of nitrogens with two attached hydrogens (primary N) is 1. The lowest BCUT2D eigenvalue weighted by Gasteiger charge is -2.20. The number of nitrogens with one attached hydrogen (secondary N) is 2. The fourth-order valence-corrected chi connectivity index (χ4v) is 3.52. The Morgan fingerprint density at radius 1 is 1.32 bits per heavy atom. The maximum absolute atomic E-state index is 15.1. The Bertz CT molecular complexity index is 1210. The number of aromatic carboxylic acids is 1. The fraction of sp³-hybridized carbons (Fsp3) is 0.286. The summed E-state index contributed by atoms with van der Waals surface area (Å²) < 4.78 is 22.5. The molecular weight excluding hydrogens is 405 g/mol. The minimum Gasteiger partial charge on any atom is -0.492 e. The van der Waals surface area contributed by atoms with Gasteiger partial charge in [-0.1, -0.05) is 0 Å². The van der Waals surface area contributed by atoms with E-state index in [1.165, 1.54) is 25.4 Å². The van der Waals surface area contributed by atoms with Gasteiger partial charge in [0.15, 0.2) is 17.0 Å². The number of ether oxygens (including phenoxy) is 1. The van der Waals surface area contributed by atoms with Crippen LogP contribution in [-0.2, 0) is 0 Å². The number of nitrogens with zero attached hydrogens (tertiary/aromatic N) is 2. The number of hydrogen-bond donors (Lipinski definition) is 4. The Labute approximate surface area is 176 Å². The summed E-state index contributed by atoms with van der Waals surface area (Å²) >= 11 is 0. The second-order valence-electron chi connectivity index (χ2n) is 7.27. The van der Waals surface area contributed by atoms with E-state index >= 15 is 4.39 Å². The van der Waals surface area contributed by atoms with Crippen molar-refractivity contribution in [1.82, 2.24) is 9.55 Å². The maximum Gasteiger partial charge on any atom is 0.337 e. The molecule has 0 radical (unpaired) electrons. The first-order valence-electron chi connectivity index (χ1n) is 9.79. The van der Waals surface area contributed by atoms with Crippen LogP contribution in [0, 0.1) is 5.82 Å². The van der Waals surface area contributed by atoms with Crippen LogP contribution in [0.15, 0.2) is 35.4 Å². The third-order valence-corrected chi connectivity index (χ3v) is 5.18. The van der Waals surface area contributed by atoms with Gasteiger partial charge in [0.05, 0.1) is 29.3 Å². The number of hydrogen-bond acceptors (Lipinski definition) is 7. The largest absolute Gasteiger partial charge is 0.492 e. The third kappa shape index (κ3) is 3.83. The number of aromatic nitrogens is 2. The molecule has 0 unspecified atom stereocenters. The summed E-state index contributed by atoms with van der Waals surface area (Å²) in [6.07, 6.45) is 4.89. The van der Waals surface area contributed by atoms with Crippen LogP contribution in [0.2, 0.25) is 0 Å². The van der Waals surface area contributed by atoms with Crippen LogP contribution in [0.25, 0.3) is 10.9 Å². The van der Waals surface area contributed by atoms with E-state index in [0.29, 0.717) is 24.4 Å². The molecule has 0 spiro atoms. The first kappa shape index (κ1) is 20.5. The number of fused-ring (bicyclic) bond motifs is 1. The number of nitrogen functional groups attached to an aromatic ring is 1. The maximum atomic E-state index is 15.1. The number of carboxylic acids is 1. The van der Waals surface area contributed by atoms with Crippen molar-refractivity contribution in [2.45, 2.75) is 18.9 Å². The lowest BCUT2D eigenvalue weighted by molar-refractivity contribution is 0.0696. The van der Waals surface area contributed by atoms with E-state index in [-0.39, 0.29) is 39.5 Å². The quantitative estimate of drug-likeness (QED) is 0.319. The fourth-order valence-electron chi connectivity index (χ4n) is 3.52. The molecule has 0 bridgehead atoms. The van der Waals surface area contributed by atoms with Crippen LogP contribution in [0.1, 0.15) is 29.2 Å². The summed E-state index contributed by atoms with van der Waals surface area (Å²) in [5, 5.41) is 15.0. The zero-order chi connectivity index (χ0) is 22.1. The normalized spacial score (nSPS) is 13.2. The monoisotopic (exact) mass is 427 g/mol. The van der Waals surface area contributed by atoms with E-state index in [9.17, 15) is 9.59 Å². The molecule has 5 N–H and O–H groups in total. The van der Waals surface area contributed by atoms with Crippen molar-refractivity contribution in [3.63, 3.8) is 0 Å². The molecule has 0 atom stereocenters. The van der Waals surface area contributed by atoms with Crippen molar-refractivity contribution in [1.29, 1.82) is 0 Å². The number of benzene rings is 1. The Morgan fingerprint density at radius 3 is 2.68 bits per heavy atom. The lowest BCUT2D eigenvalue weighted by atomic mass is 10.1. The van der Waals surface area contributed by atoms with Crippen molar-refractivity contribution in [3.05, 3.63) is 52.2 Å². The molecule has 1 fully saturated rings. The Kier molecular flexibility index (Phi) is 5.37. The zero-order valence-corrected chi connectivity index (χ0v) is 16.8. The Balaban J connectivity index is 1.58. The van der Waals surface area contributed by atoms with Crippen LogP contribution < -0.4 is 26.5 Å². The summed E-state index contributed by atoms with van der Waals surface area (Å²) in [6, 6.07) is 4.62. The van der Waals surface area contributed by atoms with Crippen molar-refractivity contribution < 1.29 is 19.0 Å². The summed E-state index contributed by atoms with van der Waals surface area (Å²) in [5.74, 6) is -1.07. The van der Waals surface area contributed by atoms with E-state index < -0.39 is 11.8 Å². The first-order valence-corrected chi connectivity index (χ1v) is 9.79. The van der Waals surface area contributed by atoms with Gasteiger partial charge in [-0.3, -0.25) is 4.79 Å². The summed E-state index contributed by atoms with van der Waals surface area (Å²) in [7, 11) is 1.43. The van der Waals surface area contributed by atoms with Crippen LogP contribution in [0.4, 0.5) is 21.6 Å². The second kappa shape index (κ2) is 8.13. The first-order chi connectivity index (χ1) is 14.9. The third-order valence-electron chi connectivity index (χ3n) is 5.18. The van der Waals surface area contributed by atoms with E-state index in [4.69, 9.17) is 15.6 Å². The standard InChI is InChI=1S/C21H22FN5O4/c1-31-20-18(25-8-7-24-14-5-2-11(10-26-14)21(29)30)16(22)17(23)15-13(28)6-9-27(19(15)20)12-3-4-12/h2,5-6,9-10,12,25H,3-4,7-8,23H2,1H3,(H,24,26)(H,29,30). The molecule has 2 aromatic heterocycles. The van der Waals surface area contributed by atoms with Crippen LogP contribution in [-0.4, -0.2) is 40.8 Å². The Hall–Kier alpha value is -3.82. The Morgan fingerprint density at radius 2 is 2.06 bits per heavy atom. The second-order valence-corrected chi connectivity index (χ2v) is 7.27. The van der Waals surface area contributed by atoms with Crippen LogP contribution >= 0.6 is 0 Å². The van der Waals surface area contributed by atoms with Gasteiger partial charge >= 0.3 is 5.97 Å². The van der Waals surface area contributed by atoms with Gasteiger partial charge in [-0.15, -0.1) is 0 Å². The van der Waals surface area contributed by atoms with E-state index in [1.807, 2.05) is 4.57 Å². The van der Waals surface area contributed by atoms with Gasteiger partial charge in [-0.2, -0.15) is 0 Å². The molecule has 4 rings (SSSR count). The van der Waals surface area contributed by atoms with Crippen molar-refractivity contribution in [2.24, 2.45) is 0 Å². The number of carboxylic acid groups (broad SMARTS) is 1. The molecule has 1 aliphatic carbocycles. The molecule has 9 nitrogen and oxygen atoms in total. The molecule has 2 heterocycles. The molecule has 1 aromatic carbocycles. The molecule has 162 valence electrons. The SMILES string of the molecule is COc1c(NCCNc2ccc(C(=O)O)cn2)c(F)c(N)c2c(=O)ccn(C3CC3)c12. The average molecular weight is 427 g/mol. The van der Waals surface area contributed by atoms with Crippen LogP contribution in [0.3, 0.4) is 0 Å². The number of rotatable bonds is 8. The summed E-state index contributed by atoms with van der Waals surface area (Å²) in [4.78, 5) is 27.3. The molecule has 10 heteroatoms. The number of pyridine rings is 2. The summed E-state index contributed by atoms with van der Waals surface area (Å²) in [5.41, 5.74) is 6.10. The van der Waals surface area contributed by atoms with Gasteiger partial charge in [0.2, 0.25) is 0 Å². The van der Waals surface area contributed by atoms with Crippen molar-refractivity contribution in [3.8, 4) is 5.75 Å². The number of anilines is 3. The van der Waals surface area contributed by atoms with Gasteiger partial charge < -0.3 is 30.8 Å². The van der Waals surface area contributed by atoms with Gasteiger partial charge in [0, 0.05) is 37.6 Å². The highest BCUT2D eigenvalue weighted by atomic mass is 19.1. The topological polar surface area (TPSA) is 132 Å². The molecule has 0 aliphatic heterocycles. The number of methoxy groups -OCH3 is 1. The van der Waals surface area contributed by atoms with Crippen LogP contribution in [0.5, 0.6) is 5.75 Å². The minimum absolute atomic E-state index is 0.0866. The molecule has 31 heavy (non-hydrogen) atoms. The lowest BCUT2D eigenvalue weighted by Crippen LogP contribution is -2.18. The molecule has 1 aliphatic rings. The predicted octanol–water partition coefficient (Wildman–Crippen LogP) is 2.68. The molecular formula is C21H22FN5O4. The van der Waals surface area contributed by atoms with Gasteiger partial charge in [0.25, 0.3) is 0 Å². The number of halogens is 1. The van der Waals surface area contributed by atoms with Gasteiger partial charge in [-0.05, 0) is 25.0 Å². The smallest absolute Gasteiger partial charge is 0.337 e. The van der Waals surface area contributed by atoms with Gasteiger partial charge in [0.1, 0.15) is 11.5 Å². The summed E-state index contributed by atoms with van der Waals surface area (Å²) in [6.45, 7) is 0.658. The van der Waals surface area contributed by atoms with Crippen molar-refractivity contribution >= 4 is 34.1 Å². The van der Waals surface area contributed by atoms with E-state index in [1.54, 1.807) is 12.3 Å². The van der Waals surface area contributed by atoms with E-state index in [2.05, 4.69) is 15.6 Å². The van der Waals surface area contributed by atoms with Gasteiger partial charge in [-0.25, -0.2) is 14.2 Å². The van der Waals surface area contributed by atoms with E-state index in [0.717, 1.165) is 12.8 Å². The highest BCUT2D eigenvalue weighted by Gasteiger charge is 2.29. The highest BCUT2D eigenvalue weighted by Crippen LogP contribution is 2.44. The predicted molar refractivity (Wildman–Crippen MR) is 116 cm³/mol. The molecule has 0 amide bonds. The molecule has 1 saturated carbocycles. The van der Waals surface area contributed by atoms with Crippen molar-refractivity contribution in [2.75, 3.05) is 36.6 Å². The highest BCUT2D eigenvalue weighted by molar-refractivity contribution is 6.00. The zero-order valence-electron chi connectivity index (χ0n) is 16.8. The average Bonchev–Trinajstić information content (AvgIpc) is 3.60. The minimum atomic E-state index is -1.05. The number of carbonyl (C=O) groups is 1. The molecule has 3 aromatic rings.